The number of aromatic nitrogens is 1. The molecule has 0 bridgehead atoms. The minimum atomic E-state index is -0.450. The third-order valence-corrected chi connectivity index (χ3v) is 3.05. The topological polar surface area (TPSA) is 82.0 Å². The highest BCUT2D eigenvalue weighted by atomic mass is 32.1. The fraction of sp³-hybridized carbons (Fsp3) is 0.0909. The van der Waals surface area contributed by atoms with Crippen LogP contribution in [0.4, 0.5) is 0 Å². The second-order valence-electron chi connectivity index (χ2n) is 3.29. The summed E-state index contributed by atoms with van der Waals surface area (Å²) >= 11 is 1.47. The predicted molar refractivity (Wildman–Crippen MR) is 64.0 cm³/mol. The van der Waals surface area contributed by atoms with Gasteiger partial charge in [0.15, 0.2) is 0 Å². The first-order valence-electron chi connectivity index (χ1n) is 4.75. The number of carbonyl (C=O) groups excluding carboxylic acids is 1. The molecule has 1 aromatic carbocycles. The number of hydrogen-bond acceptors (Lipinski definition) is 4. The SMILES string of the molecule is NCc1ccc(C(N)=O)c(-c2nccs2)c1. The lowest BCUT2D eigenvalue weighted by Crippen LogP contribution is -2.13. The van der Waals surface area contributed by atoms with Gasteiger partial charge in [-0.15, -0.1) is 11.3 Å². The van der Waals surface area contributed by atoms with Crippen LogP contribution in [0.2, 0.25) is 0 Å². The van der Waals surface area contributed by atoms with Crippen molar-refractivity contribution in [1.82, 2.24) is 4.98 Å². The number of carbonyl (C=O) groups is 1. The van der Waals surface area contributed by atoms with Gasteiger partial charge in [0.1, 0.15) is 5.01 Å². The van der Waals surface area contributed by atoms with Crippen molar-refractivity contribution in [2.24, 2.45) is 11.5 Å². The van der Waals surface area contributed by atoms with E-state index in [4.69, 9.17) is 11.5 Å². The molecule has 0 aliphatic rings. The van der Waals surface area contributed by atoms with Crippen LogP contribution in [-0.4, -0.2) is 10.9 Å². The second-order valence-corrected chi connectivity index (χ2v) is 4.18. The smallest absolute Gasteiger partial charge is 0.249 e. The molecule has 0 saturated heterocycles. The summed E-state index contributed by atoms with van der Waals surface area (Å²) in [6.07, 6.45) is 1.69. The van der Waals surface area contributed by atoms with Crippen molar-refractivity contribution in [3.05, 3.63) is 40.9 Å². The summed E-state index contributed by atoms with van der Waals surface area (Å²) in [5, 5.41) is 2.64. The summed E-state index contributed by atoms with van der Waals surface area (Å²) < 4.78 is 0. The lowest BCUT2D eigenvalue weighted by Gasteiger charge is -2.06. The Labute approximate surface area is 96.9 Å². The summed E-state index contributed by atoms with van der Waals surface area (Å²) in [7, 11) is 0. The molecule has 0 saturated carbocycles. The molecular formula is C11H11N3OS. The van der Waals surface area contributed by atoms with E-state index in [0.717, 1.165) is 16.1 Å². The molecular weight excluding hydrogens is 222 g/mol. The van der Waals surface area contributed by atoms with Crippen LogP contribution < -0.4 is 11.5 Å². The summed E-state index contributed by atoms with van der Waals surface area (Å²) in [4.78, 5) is 15.5. The standard InChI is InChI=1S/C11H11N3OS/c12-6-7-1-2-8(10(13)15)9(5-7)11-14-3-4-16-11/h1-5H,6,12H2,(H2,13,15). The second kappa shape index (κ2) is 4.42. The Kier molecular flexibility index (Phi) is 2.98. The summed E-state index contributed by atoms with van der Waals surface area (Å²) in [5.74, 6) is -0.450. The molecule has 1 aromatic heterocycles. The van der Waals surface area contributed by atoms with Crippen LogP contribution >= 0.6 is 11.3 Å². The van der Waals surface area contributed by atoms with Crippen LogP contribution in [0.15, 0.2) is 29.8 Å². The van der Waals surface area contributed by atoms with Gasteiger partial charge in [-0.2, -0.15) is 0 Å². The highest BCUT2D eigenvalue weighted by Crippen LogP contribution is 2.26. The van der Waals surface area contributed by atoms with Gasteiger partial charge in [-0.3, -0.25) is 4.79 Å². The van der Waals surface area contributed by atoms with Crippen LogP contribution in [0, 0.1) is 0 Å². The molecule has 4 N–H and O–H groups in total. The first-order chi connectivity index (χ1) is 7.72. The molecule has 4 nitrogen and oxygen atoms in total. The highest BCUT2D eigenvalue weighted by molar-refractivity contribution is 7.13. The average Bonchev–Trinajstić information content (AvgIpc) is 2.81. The van der Waals surface area contributed by atoms with E-state index >= 15 is 0 Å². The van der Waals surface area contributed by atoms with E-state index in [-0.39, 0.29) is 0 Å². The first-order valence-corrected chi connectivity index (χ1v) is 5.63. The van der Waals surface area contributed by atoms with Crippen LogP contribution in [0.25, 0.3) is 10.6 Å². The first kappa shape index (κ1) is 10.8. The van der Waals surface area contributed by atoms with Crippen molar-refractivity contribution in [3.8, 4) is 10.6 Å². The molecule has 5 heteroatoms. The van der Waals surface area contributed by atoms with Gasteiger partial charge >= 0.3 is 0 Å². The quantitative estimate of drug-likeness (QED) is 0.840. The van der Waals surface area contributed by atoms with Gasteiger partial charge in [0.25, 0.3) is 0 Å². The zero-order valence-corrected chi connectivity index (χ0v) is 9.33. The zero-order valence-electron chi connectivity index (χ0n) is 8.51. The van der Waals surface area contributed by atoms with Crippen molar-refractivity contribution in [2.75, 3.05) is 0 Å². The number of rotatable bonds is 3. The lowest BCUT2D eigenvalue weighted by atomic mass is 10.0. The fourth-order valence-electron chi connectivity index (χ4n) is 1.47. The number of nitrogens with zero attached hydrogens (tertiary/aromatic N) is 1. The maximum atomic E-state index is 11.3. The van der Waals surface area contributed by atoms with Crippen LogP contribution in [0.1, 0.15) is 15.9 Å². The Hall–Kier alpha value is -1.72. The third-order valence-electron chi connectivity index (χ3n) is 2.25. The molecule has 0 radical (unpaired) electrons. The summed E-state index contributed by atoms with van der Waals surface area (Å²) in [5.41, 5.74) is 13.1. The molecule has 16 heavy (non-hydrogen) atoms. The Morgan fingerprint density at radius 1 is 1.44 bits per heavy atom. The lowest BCUT2D eigenvalue weighted by molar-refractivity contribution is 0.100. The Morgan fingerprint density at radius 2 is 2.25 bits per heavy atom. The van der Waals surface area contributed by atoms with E-state index in [2.05, 4.69) is 4.98 Å². The average molecular weight is 233 g/mol. The number of nitrogens with two attached hydrogens (primary N) is 2. The number of hydrogen-bond donors (Lipinski definition) is 2. The maximum Gasteiger partial charge on any atom is 0.249 e. The van der Waals surface area contributed by atoms with E-state index < -0.39 is 5.91 Å². The highest BCUT2D eigenvalue weighted by Gasteiger charge is 2.12. The van der Waals surface area contributed by atoms with Crippen LogP contribution in [0.3, 0.4) is 0 Å². The molecule has 2 rings (SSSR count). The third kappa shape index (κ3) is 1.95. The summed E-state index contributed by atoms with van der Waals surface area (Å²) in [6.45, 7) is 0.428. The maximum absolute atomic E-state index is 11.3. The van der Waals surface area contributed by atoms with Crippen molar-refractivity contribution in [1.29, 1.82) is 0 Å². The Bertz CT molecular complexity index is 508. The minimum absolute atomic E-state index is 0.428. The molecule has 0 fully saturated rings. The van der Waals surface area contributed by atoms with Gasteiger partial charge in [-0.25, -0.2) is 4.98 Å². The Balaban J connectivity index is 2.59. The molecule has 2 aromatic rings. The zero-order chi connectivity index (χ0) is 11.5. The van der Waals surface area contributed by atoms with Crippen molar-refractivity contribution < 1.29 is 4.79 Å². The van der Waals surface area contributed by atoms with Gasteiger partial charge in [-0.1, -0.05) is 6.07 Å². The Morgan fingerprint density at radius 3 is 2.81 bits per heavy atom. The molecule has 0 unspecified atom stereocenters. The number of primary amides is 1. The van der Waals surface area contributed by atoms with E-state index in [1.165, 1.54) is 11.3 Å². The van der Waals surface area contributed by atoms with Crippen LogP contribution in [0.5, 0.6) is 0 Å². The largest absolute Gasteiger partial charge is 0.366 e. The van der Waals surface area contributed by atoms with E-state index in [1.807, 2.05) is 11.4 Å². The number of thiazole rings is 1. The molecule has 82 valence electrons. The molecule has 0 aliphatic heterocycles. The molecule has 0 spiro atoms. The number of amides is 1. The van der Waals surface area contributed by atoms with Gasteiger partial charge in [0.2, 0.25) is 5.91 Å². The number of benzene rings is 1. The molecule has 0 aliphatic carbocycles. The normalized spacial score (nSPS) is 10.3. The van der Waals surface area contributed by atoms with Crippen LogP contribution in [-0.2, 0) is 6.54 Å². The molecule has 0 atom stereocenters. The minimum Gasteiger partial charge on any atom is -0.366 e. The predicted octanol–water partition coefficient (Wildman–Crippen LogP) is 1.37. The molecule has 1 amide bonds. The van der Waals surface area contributed by atoms with Crippen molar-refractivity contribution in [2.45, 2.75) is 6.54 Å². The van der Waals surface area contributed by atoms with Gasteiger partial charge in [-0.05, 0) is 17.7 Å². The van der Waals surface area contributed by atoms with E-state index in [1.54, 1.807) is 18.3 Å². The van der Waals surface area contributed by atoms with Crippen molar-refractivity contribution >= 4 is 17.2 Å². The monoisotopic (exact) mass is 233 g/mol. The fourth-order valence-corrected chi connectivity index (χ4v) is 2.13. The van der Waals surface area contributed by atoms with E-state index in [9.17, 15) is 4.79 Å². The van der Waals surface area contributed by atoms with Crippen molar-refractivity contribution in [3.63, 3.8) is 0 Å². The van der Waals surface area contributed by atoms with Gasteiger partial charge in [0.05, 0.1) is 0 Å². The van der Waals surface area contributed by atoms with E-state index in [0.29, 0.717) is 12.1 Å². The van der Waals surface area contributed by atoms with Gasteiger partial charge < -0.3 is 11.5 Å². The summed E-state index contributed by atoms with van der Waals surface area (Å²) in [6, 6.07) is 5.36. The molecule has 1 heterocycles. The van der Waals surface area contributed by atoms with Gasteiger partial charge in [0, 0.05) is 29.2 Å².